The van der Waals surface area contributed by atoms with E-state index < -0.39 is 9.84 Å². The molecule has 0 radical (unpaired) electrons. The second kappa shape index (κ2) is 5.86. The maximum absolute atomic E-state index is 13.1. The summed E-state index contributed by atoms with van der Waals surface area (Å²) in [7, 11) is -2.22. The molecule has 2 aromatic heterocycles. The zero-order valence-corrected chi connectivity index (χ0v) is 14.5. The van der Waals surface area contributed by atoms with Crippen molar-refractivity contribution in [2.24, 2.45) is 0 Å². The second-order valence-corrected chi connectivity index (χ2v) is 7.51. The molecule has 0 unspecified atom stereocenters. The van der Waals surface area contributed by atoms with Crippen LogP contribution in [0.25, 0.3) is 5.65 Å². The number of aryl methyl sites for hydroxylation is 1. The maximum Gasteiger partial charge on any atom is 0.218 e. The second-order valence-electron chi connectivity index (χ2n) is 4.83. The van der Waals surface area contributed by atoms with Gasteiger partial charge in [-0.05, 0) is 25.3 Å². The number of aromatic nitrogens is 3. The van der Waals surface area contributed by atoms with Crippen molar-refractivity contribution >= 4 is 27.2 Å². The fraction of sp³-hybridized carbons (Fsp3) is 0.200. The third kappa shape index (κ3) is 2.57. The van der Waals surface area contributed by atoms with Gasteiger partial charge in [0.25, 0.3) is 0 Å². The van der Waals surface area contributed by atoms with Gasteiger partial charge in [0.1, 0.15) is 5.03 Å². The summed E-state index contributed by atoms with van der Waals surface area (Å²) in [5.74, 6) is 0.442. The molecule has 0 fully saturated rings. The highest BCUT2D eigenvalue weighted by Crippen LogP contribution is 2.33. The molecule has 0 aliphatic carbocycles. The van der Waals surface area contributed by atoms with E-state index in [1.165, 1.54) is 23.4 Å². The molecule has 0 bridgehead atoms. The lowest BCUT2D eigenvalue weighted by Gasteiger charge is -2.06. The molecule has 8 heteroatoms. The van der Waals surface area contributed by atoms with Gasteiger partial charge in [0, 0.05) is 11.8 Å². The van der Waals surface area contributed by atoms with Gasteiger partial charge < -0.3 is 4.74 Å². The smallest absolute Gasteiger partial charge is 0.218 e. The molecule has 120 valence electrons. The van der Waals surface area contributed by atoms with E-state index in [0.29, 0.717) is 16.6 Å². The zero-order chi connectivity index (χ0) is 16.6. The SMILES string of the molecule is COc1cc(C)nc2c(S(=O)(=O)c3ccccc3)c(SC)nn12. The number of ether oxygens (including phenoxy) is 1. The van der Waals surface area contributed by atoms with Crippen LogP contribution in [0.4, 0.5) is 0 Å². The Labute approximate surface area is 138 Å². The molecule has 0 amide bonds. The minimum Gasteiger partial charge on any atom is -0.481 e. The fourth-order valence-corrected chi connectivity index (χ4v) is 4.71. The Balaban J connectivity index is 2.39. The van der Waals surface area contributed by atoms with Crippen molar-refractivity contribution in [2.75, 3.05) is 13.4 Å². The maximum atomic E-state index is 13.1. The highest BCUT2D eigenvalue weighted by Gasteiger charge is 2.29. The fourth-order valence-electron chi connectivity index (χ4n) is 2.30. The summed E-state index contributed by atoms with van der Waals surface area (Å²) in [5, 5.41) is 4.74. The lowest BCUT2D eigenvalue weighted by Crippen LogP contribution is -2.04. The Bertz CT molecular complexity index is 967. The summed E-state index contributed by atoms with van der Waals surface area (Å²) in [5.41, 5.74) is 0.932. The molecule has 0 aliphatic rings. The van der Waals surface area contributed by atoms with Crippen molar-refractivity contribution in [3.63, 3.8) is 0 Å². The van der Waals surface area contributed by atoms with Crippen molar-refractivity contribution < 1.29 is 13.2 Å². The van der Waals surface area contributed by atoms with Gasteiger partial charge in [-0.3, -0.25) is 0 Å². The Morgan fingerprint density at radius 2 is 1.91 bits per heavy atom. The Kier molecular flexibility index (Phi) is 4.03. The topological polar surface area (TPSA) is 73.6 Å². The normalized spacial score (nSPS) is 11.8. The van der Waals surface area contributed by atoms with Crippen LogP contribution in [-0.4, -0.2) is 36.4 Å². The Morgan fingerprint density at radius 1 is 1.22 bits per heavy atom. The third-order valence-corrected chi connectivity index (χ3v) is 5.94. The minimum absolute atomic E-state index is 0.109. The van der Waals surface area contributed by atoms with Crippen molar-refractivity contribution in [3.8, 4) is 5.88 Å². The number of fused-ring (bicyclic) bond motifs is 1. The van der Waals surface area contributed by atoms with Gasteiger partial charge in [0.05, 0.1) is 12.0 Å². The lowest BCUT2D eigenvalue weighted by atomic mass is 10.4. The largest absolute Gasteiger partial charge is 0.481 e. The van der Waals surface area contributed by atoms with Crippen LogP contribution in [0, 0.1) is 6.92 Å². The van der Waals surface area contributed by atoms with E-state index >= 15 is 0 Å². The summed E-state index contributed by atoms with van der Waals surface area (Å²) in [4.78, 5) is 4.70. The molecule has 3 rings (SSSR count). The molecule has 0 N–H and O–H groups in total. The van der Waals surface area contributed by atoms with Crippen molar-refractivity contribution in [2.45, 2.75) is 21.7 Å². The number of methoxy groups -OCH3 is 1. The molecular formula is C15H15N3O3S2. The molecule has 0 spiro atoms. The molecule has 2 heterocycles. The number of rotatable bonds is 4. The average Bonchev–Trinajstić information content (AvgIpc) is 2.93. The van der Waals surface area contributed by atoms with E-state index in [4.69, 9.17) is 4.74 Å². The first-order valence-corrected chi connectivity index (χ1v) is 9.48. The van der Waals surface area contributed by atoms with E-state index in [0.717, 1.165) is 0 Å². The summed E-state index contributed by atoms with van der Waals surface area (Å²) >= 11 is 1.26. The number of sulfone groups is 1. The van der Waals surface area contributed by atoms with E-state index in [1.807, 2.05) is 0 Å². The van der Waals surface area contributed by atoms with Crippen LogP contribution >= 0.6 is 11.8 Å². The highest BCUT2D eigenvalue weighted by atomic mass is 32.2. The molecule has 0 aliphatic heterocycles. The van der Waals surface area contributed by atoms with Gasteiger partial charge in [-0.2, -0.15) is 9.61 Å². The number of nitrogens with zero attached hydrogens (tertiary/aromatic N) is 3. The van der Waals surface area contributed by atoms with E-state index in [-0.39, 0.29) is 15.4 Å². The summed E-state index contributed by atoms with van der Waals surface area (Å²) in [6.07, 6.45) is 1.78. The van der Waals surface area contributed by atoms with Gasteiger partial charge in [-0.15, -0.1) is 11.8 Å². The van der Waals surface area contributed by atoms with E-state index in [9.17, 15) is 8.42 Å². The molecule has 0 atom stereocenters. The molecule has 3 aromatic rings. The highest BCUT2D eigenvalue weighted by molar-refractivity contribution is 7.99. The first kappa shape index (κ1) is 15.8. The molecule has 1 aromatic carbocycles. The Morgan fingerprint density at radius 3 is 2.52 bits per heavy atom. The number of thioether (sulfide) groups is 1. The molecular weight excluding hydrogens is 334 g/mol. The van der Waals surface area contributed by atoms with Gasteiger partial charge in [-0.1, -0.05) is 18.2 Å². The predicted octanol–water partition coefficient (Wildman–Crippen LogP) is 2.60. The van der Waals surface area contributed by atoms with Crippen molar-refractivity contribution in [1.82, 2.24) is 14.6 Å². The molecule has 23 heavy (non-hydrogen) atoms. The lowest BCUT2D eigenvalue weighted by molar-refractivity contribution is 0.383. The number of hydrogen-bond acceptors (Lipinski definition) is 6. The van der Waals surface area contributed by atoms with E-state index in [1.54, 1.807) is 49.6 Å². The van der Waals surface area contributed by atoms with Crippen LogP contribution in [0.5, 0.6) is 5.88 Å². The van der Waals surface area contributed by atoms with Crippen LogP contribution in [0.3, 0.4) is 0 Å². The minimum atomic E-state index is -3.73. The van der Waals surface area contributed by atoms with Crippen LogP contribution in [0.15, 0.2) is 51.2 Å². The van der Waals surface area contributed by atoms with Crippen LogP contribution in [0.1, 0.15) is 5.69 Å². The van der Waals surface area contributed by atoms with E-state index in [2.05, 4.69) is 10.1 Å². The van der Waals surface area contributed by atoms with Crippen molar-refractivity contribution in [1.29, 1.82) is 0 Å². The molecule has 0 saturated heterocycles. The quantitative estimate of drug-likeness (QED) is 0.674. The average molecular weight is 349 g/mol. The third-order valence-electron chi connectivity index (χ3n) is 3.34. The van der Waals surface area contributed by atoms with Crippen LogP contribution < -0.4 is 4.74 Å². The first-order valence-electron chi connectivity index (χ1n) is 6.77. The Hall–Kier alpha value is -2.06. The van der Waals surface area contributed by atoms with Crippen molar-refractivity contribution in [3.05, 3.63) is 42.1 Å². The van der Waals surface area contributed by atoms with Gasteiger partial charge >= 0.3 is 0 Å². The van der Waals surface area contributed by atoms with Gasteiger partial charge in [0.2, 0.25) is 15.7 Å². The summed E-state index contributed by atoms with van der Waals surface area (Å²) < 4.78 is 32.8. The predicted molar refractivity (Wildman–Crippen MR) is 88.0 cm³/mol. The molecule has 0 saturated carbocycles. The monoisotopic (exact) mass is 349 g/mol. The number of benzene rings is 1. The van der Waals surface area contributed by atoms with Crippen LogP contribution in [-0.2, 0) is 9.84 Å². The standard InChI is InChI=1S/C15H15N3O3S2/c1-10-9-12(21-2)18-14(16-10)13(15(17-18)22-3)23(19,20)11-7-5-4-6-8-11/h4-9H,1-3H3. The summed E-state index contributed by atoms with van der Waals surface area (Å²) in [6, 6.07) is 10.00. The summed E-state index contributed by atoms with van der Waals surface area (Å²) in [6.45, 7) is 1.78. The number of hydrogen-bond donors (Lipinski definition) is 0. The van der Waals surface area contributed by atoms with Gasteiger partial charge in [0.15, 0.2) is 10.5 Å². The first-order chi connectivity index (χ1) is 11.0. The zero-order valence-electron chi connectivity index (χ0n) is 12.8. The molecule has 6 nitrogen and oxygen atoms in total. The van der Waals surface area contributed by atoms with Crippen LogP contribution in [0.2, 0.25) is 0 Å². The van der Waals surface area contributed by atoms with Gasteiger partial charge in [-0.25, -0.2) is 13.4 Å².